The van der Waals surface area contributed by atoms with Crippen LogP contribution in [-0.2, 0) is 41.6 Å². The average Bonchev–Trinajstić information content (AvgIpc) is 4.06. The molecule has 3 saturated heterocycles. The van der Waals surface area contributed by atoms with Crippen molar-refractivity contribution in [2.24, 2.45) is 5.73 Å². The number of carbonyl (C=O) groups is 2. The summed E-state index contributed by atoms with van der Waals surface area (Å²) in [6.45, 7) is 20.9. The molecule has 0 aliphatic carbocycles. The molecular formula is C47H80ClFN10O4. The molecular weight excluding hydrogens is 823 g/mol. The molecule has 14 nitrogen and oxygen atoms in total. The Balaban J connectivity index is 0.000000432. The Kier molecular flexibility index (Phi) is 26.3. The van der Waals surface area contributed by atoms with Crippen LogP contribution in [0.25, 0.3) is 0 Å². The number of aryl methyl sites for hydroxylation is 5. The quantitative estimate of drug-likeness (QED) is 0.185. The first-order valence-corrected chi connectivity index (χ1v) is 22.7. The summed E-state index contributed by atoms with van der Waals surface area (Å²) in [7, 11) is -1.00. The van der Waals surface area contributed by atoms with Gasteiger partial charge < -0.3 is 30.3 Å². The van der Waals surface area contributed by atoms with Crippen molar-refractivity contribution in [1.29, 1.82) is 0 Å². The molecule has 3 N–H and O–H groups in total. The fraction of sp³-hybridized carbons (Fsp3) is 0.702. The summed E-state index contributed by atoms with van der Waals surface area (Å²) in [4.78, 5) is 52.7. The number of nitrogens with two attached hydrogens (primary N) is 1. The minimum absolute atomic E-state index is 0. The van der Waals surface area contributed by atoms with Gasteiger partial charge in [0, 0.05) is 87.8 Å². The van der Waals surface area contributed by atoms with E-state index >= 15 is 0 Å². The fourth-order valence-corrected chi connectivity index (χ4v) is 6.95. The van der Waals surface area contributed by atoms with Crippen molar-refractivity contribution in [3.63, 3.8) is 0 Å². The second-order valence-corrected chi connectivity index (χ2v) is 17.8. The third-order valence-electron chi connectivity index (χ3n) is 10.3. The van der Waals surface area contributed by atoms with Gasteiger partial charge in [-0.2, -0.15) is 0 Å². The van der Waals surface area contributed by atoms with Crippen LogP contribution in [0.2, 0.25) is 5.28 Å². The lowest BCUT2D eigenvalue weighted by Crippen LogP contribution is -2.42. The zero-order chi connectivity index (χ0) is 46.8. The van der Waals surface area contributed by atoms with Crippen LogP contribution in [0, 0.1) is 0 Å². The predicted octanol–water partition coefficient (Wildman–Crippen LogP) is 9.35. The topological polar surface area (TPSA) is 174 Å². The molecule has 6 heterocycles. The standard InChI is InChI=1S/C17H27N3O2.C12H19N3.C10H20N2O2.C6H7ClN2.CH3F.CH4/c1-5-13-11-18-15(19-12-13)9-8-14-7-6-10-20(14)16(21)22-17(2,3)4;1-2-10-8-14-12(15-9-10)6-5-11-4-3-7-13-11;1-10(2,3)14-9(13)12-6-4-5-8(12)7-11;1-2-5-3-8-6(7)9-4-5;1-2;/h11-12,14H,5-10H2,1-4H3;8-9,11,13H,2-7H2,1H3;8H,4-7,11H2,1-3H3;3-4H,2H2,1H3;1H3;1H4/t14-;11-;8-;;;/m000.../s1/i;;;;1D;. The first-order chi connectivity index (χ1) is 29.9. The van der Waals surface area contributed by atoms with Gasteiger partial charge in [0.05, 0.1) is 8.52 Å². The highest BCUT2D eigenvalue weighted by Crippen LogP contribution is 2.24. The zero-order valence-electron chi connectivity index (χ0n) is 40.0. The second-order valence-electron chi connectivity index (χ2n) is 17.5. The van der Waals surface area contributed by atoms with Crippen molar-refractivity contribution >= 4 is 23.8 Å². The number of amides is 2. The largest absolute Gasteiger partial charge is 0.444 e. The lowest BCUT2D eigenvalue weighted by Gasteiger charge is -2.28. The van der Waals surface area contributed by atoms with Crippen LogP contribution >= 0.6 is 11.6 Å². The molecule has 3 fully saturated rings. The molecule has 3 aromatic rings. The lowest BCUT2D eigenvalue weighted by molar-refractivity contribution is 0.0214. The van der Waals surface area contributed by atoms with Gasteiger partial charge in [-0.15, -0.1) is 0 Å². The molecule has 0 unspecified atom stereocenters. The molecule has 0 saturated carbocycles. The fourth-order valence-electron chi connectivity index (χ4n) is 6.85. The van der Waals surface area contributed by atoms with Crippen LogP contribution in [0.15, 0.2) is 37.2 Å². The van der Waals surface area contributed by atoms with Gasteiger partial charge in [0.2, 0.25) is 5.28 Å². The van der Waals surface area contributed by atoms with Crippen LogP contribution in [0.1, 0.15) is 151 Å². The molecule has 0 bridgehead atoms. The predicted molar refractivity (Wildman–Crippen MR) is 252 cm³/mol. The molecule has 0 aromatic carbocycles. The van der Waals surface area contributed by atoms with Crippen LogP contribution in [-0.4, -0.2) is 115 Å². The maximum atomic E-state index is 12.2. The number of alkyl halides is 1. The van der Waals surface area contributed by atoms with Gasteiger partial charge in [-0.3, -0.25) is 4.39 Å². The van der Waals surface area contributed by atoms with Crippen LogP contribution in [0.5, 0.6) is 0 Å². The van der Waals surface area contributed by atoms with Crippen molar-refractivity contribution < 1.29 is 24.8 Å². The maximum absolute atomic E-state index is 12.2. The number of likely N-dealkylation sites (tertiary alicyclic amines) is 2. The highest BCUT2D eigenvalue weighted by atomic mass is 35.5. The van der Waals surface area contributed by atoms with Gasteiger partial charge in [-0.25, -0.2) is 39.5 Å². The Bertz CT molecular complexity index is 1690. The average molecular weight is 905 g/mol. The summed E-state index contributed by atoms with van der Waals surface area (Å²) in [5.74, 6) is 1.84. The molecule has 16 heteroatoms. The lowest BCUT2D eigenvalue weighted by atomic mass is 10.1. The van der Waals surface area contributed by atoms with Crippen molar-refractivity contribution in [1.82, 2.24) is 45.0 Å². The summed E-state index contributed by atoms with van der Waals surface area (Å²) in [5, 5.41) is 3.81. The van der Waals surface area contributed by atoms with Crippen LogP contribution in [0.3, 0.4) is 0 Å². The third kappa shape index (κ3) is 22.9. The number of hydrogen-bond donors (Lipinski definition) is 2. The van der Waals surface area contributed by atoms with Gasteiger partial charge in [0.15, 0.2) is 0 Å². The summed E-state index contributed by atoms with van der Waals surface area (Å²) in [5.41, 5.74) is 8.20. The Hall–Kier alpha value is -4.08. The molecule has 3 aliphatic heterocycles. The number of halogens is 2. The summed E-state index contributed by atoms with van der Waals surface area (Å²) < 4.78 is 26.3. The minimum Gasteiger partial charge on any atom is -0.444 e. The minimum atomic E-state index is -1.00. The number of nitrogens with zero attached hydrogens (tertiary/aromatic N) is 8. The monoisotopic (exact) mass is 904 g/mol. The summed E-state index contributed by atoms with van der Waals surface area (Å²) in [6, 6.07) is 1.11. The van der Waals surface area contributed by atoms with Gasteiger partial charge in [-0.1, -0.05) is 28.2 Å². The third-order valence-corrected chi connectivity index (χ3v) is 10.5. The van der Waals surface area contributed by atoms with E-state index in [1.54, 1.807) is 17.3 Å². The molecule has 63 heavy (non-hydrogen) atoms. The summed E-state index contributed by atoms with van der Waals surface area (Å²) in [6.07, 6.45) is 24.2. The molecule has 3 aliphatic rings. The van der Waals surface area contributed by atoms with Crippen molar-refractivity contribution in [2.45, 2.75) is 183 Å². The van der Waals surface area contributed by atoms with Crippen molar-refractivity contribution in [3.8, 4) is 0 Å². The van der Waals surface area contributed by atoms with Gasteiger partial charge in [-0.05, 0) is 147 Å². The normalized spacial score (nSPS) is 18.1. The maximum Gasteiger partial charge on any atom is 0.410 e. The number of ether oxygens (including phenoxy) is 2. The Morgan fingerprint density at radius 1 is 0.730 bits per heavy atom. The van der Waals surface area contributed by atoms with Gasteiger partial charge >= 0.3 is 12.2 Å². The van der Waals surface area contributed by atoms with E-state index in [1.165, 1.54) is 31.4 Å². The number of nitrogens with one attached hydrogen (secondary N) is 1. The second kappa shape index (κ2) is 30.1. The molecule has 356 valence electrons. The van der Waals surface area contributed by atoms with E-state index in [1.807, 2.05) is 78.2 Å². The van der Waals surface area contributed by atoms with Crippen molar-refractivity contribution in [2.75, 3.05) is 33.3 Å². The summed E-state index contributed by atoms with van der Waals surface area (Å²) >= 11 is 5.45. The first kappa shape index (κ1) is 55.1. The Morgan fingerprint density at radius 2 is 1.13 bits per heavy atom. The van der Waals surface area contributed by atoms with Crippen LogP contribution in [0.4, 0.5) is 14.0 Å². The number of carbonyl (C=O) groups excluding carboxylic acids is 2. The van der Waals surface area contributed by atoms with E-state index in [-0.39, 0.29) is 31.7 Å². The van der Waals surface area contributed by atoms with Gasteiger partial charge in [0.1, 0.15) is 22.9 Å². The van der Waals surface area contributed by atoms with Crippen LogP contribution < -0.4 is 11.1 Å². The van der Waals surface area contributed by atoms with E-state index in [4.69, 9.17) is 28.2 Å². The Morgan fingerprint density at radius 3 is 1.51 bits per heavy atom. The molecule has 3 aromatic heterocycles. The van der Waals surface area contributed by atoms with E-state index in [0.29, 0.717) is 17.9 Å². The molecule has 3 atom stereocenters. The van der Waals surface area contributed by atoms with Crippen molar-refractivity contribution in [3.05, 3.63) is 70.8 Å². The molecule has 2 amide bonds. The highest BCUT2D eigenvalue weighted by Gasteiger charge is 2.32. The SMILES string of the molecule is C.CC(C)(C)OC(=O)N1CCC[C@H]1CN.CCc1cnc(CC[C@@H]2CCCN2)nc1.CCc1cnc(CC[C@@H]2CCCN2C(=O)OC(C)(C)C)nc1.CCc1cnc(Cl)nc1.[2H]CF. The highest BCUT2D eigenvalue weighted by molar-refractivity contribution is 6.28. The number of hydrogen-bond acceptors (Lipinski definition) is 12. The number of aromatic nitrogens is 6. The van der Waals surface area contributed by atoms with E-state index < -0.39 is 18.4 Å². The Labute approximate surface area is 384 Å². The molecule has 6 rings (SSSR count). The smallest absolute Gasteiger partial charge is 0.410 e. The number of rotatable bonds is 10. The van der Waals surface area contributed by atoms with E-state index in [0.717, 1.165) is 100 Å². The van der Waals surface area contributed by atoms with Gasteiger partial charge in [0.25, 0.3) is 0 Å². The van der Waals surface area contributed by atoms with E-state index in [2.05, 4.69) is 49.1 Å². The van der Waals surface area contributed by atoms with E-state index in [9.17, 15) is 14.0 Å². The molecule has 0 radical (unpaired) electrons. The first-order valence-electron chi connectivity index (χ1n) is 23.0. The molecule has 0 spiro atoms. The zero-order valence-corrected chi connectivity index (χ0v) is 39.7.